The van der Waals surface area contributed by atoms with Crippen LogP contribution in [0, 0.1) is 6.92 Å². The van der Waals surface area contributed by atoms with Gasteiger partial charge in [-0.2, -0.15) is 0 Å². The van der Waals surface area contributed by atoms with E-state index in [0.717, 1.165) is 5.56 Å². The van der Waals surface area contributed by atoms with Gasteiger partial charge in [-0.1, -0.05) is 11.6 Å². The summed E-state index contributed by atoms with van der Waals surface area (Å²) in [7, 11) is 1.52. The lowest BCUT2D eigenvalue weighted by Gasteiger charge is -2.10. The monoisotopic (exact) mass is 290 g/mol. The molecule has 2 rings (SSSR count). The number of halogens is 1. The average Bonchev–Trinajstić information content (AvgIpc) is 2.40. The number of aryl methyl sites for hydroxylation is 1. The normalized spacial score (nSPS) is 10.2. The van der Waals surface area contributed by atoms with E-state index < -0.39 is 0 Å². The minimum absolute atomic E-state index is 0.202. The van der Waals surface area contributed by atoms with E-state index in [2.05, 4.69) is 5.32 Å². The van der Waals surface area contributed by atoms with Crippen LogP contribution in [0.3, 0.4) is 0 Å². The smallest absolute Gasteiger partial charge is 0.255 e. The maximum absolute atomic E-state index is 12.2. The number of carbonyl (C=O) groups is 1. The van der Waals surface area contributed by atoms with Crippen molar-refractivity contribution in [2.75, 3.05) is 18.2 Å². The minimum Gasteiger partial charge on any atom is -0.495 e. The van der Waals surface area contributed by atoms with Crippen molar-refractivity contribution in [3.8, 4) is 5.75 Å². The Labute approximate surface area is 122 Å². The third-order valence-electron chi connectivity index (χ3n) is 2.90. The van der Waals surface area contributed by atoms with Crippen LogP contribution in [-0.4, -0.2) is 13.0 Å². The summed E-state index contributed by atoms with van der Waals surface area (Å²) in [6.45, 7) is 1.84. The Kier molecular flexibility index (Phi) is 4.15. The molecular weight excluding hydrogens is 276 g/mol. The molecule has 104 valence electrons. The summed E-state index contributed by atoms with van der Waals surface area (Å²) in [5.74, 6) is 0.311. The fraction of sp³-hybridized carbons (Fsp3) is 0.133. The Hall–Kier alpha value is -2.20. The Balaban J connectivity index is 2.23. The molecule has 0 spiro atoms. The summed E-state index contributed by atoms with van der Waals surface area (Å²) in [5, 5.41) is 3.30. The predicted octanol–water partition coefficient (Wildman–Crippen LogP) is 3.49. The molecule has 1 amide bonds. The summed E-state index contributed by atoms with van der Waals surface area (Å²) in [6, 6.07) is 10.2. The minimum atomic E-state index is -0.202. The molecule has 4 nitrogen and oxygen atoms in total. The molecule has 0 radical (unpaired) electrons. The van der Waals surface area contributed by atoms with E-state index in [9.17, 15) is 4.79 Å². The van der Waals surface area contributed by atoms with Gasteiger partial charge >= 0.3 is 0 Å². The van der Waals surface area contributed by atoms with Gasteiger partial charge in [0.05, 0.1) is 12.1 Å². The number of benzene rings is 2. The second-order valence-corrected chi connectivity index (χ2v) is 4.79. The van der Waals surface area contributed by atoms with Crippen molar-refractivity contribution in [2.45, 2.75) is 6.92 Å². The van der Waals surface area contributed by atoms with Crippen LogP contribution in [0.2, 0.25) is 5.02 Å². The molecule has 0 heterocycles. The molecule has 2 aromatic rings. The summed E-state index contributed by atoms with van der Waals surface area (Å²) in [5.41, 5.74) is 8.32. The predicted molar refractivity (Wildman–Crippen MR) is 81.5 cm³/mol. The van der Waals surface area contributed by atoms with E-state index in [-0.39, 0.29) is 5.91 Å². The number of rotatable bonds is 3. The number of hydrogen-bond acceptors (Lipinski definition) is 3. The van der Waals surface area contributed by atoms with Crippen molar-refractivity contribution in [2.24, 2.45) is 0 Å². The van der Waals surface area contributed by atoms with E-state index in [0.29, 0.717) is 27.7 Å². The van der Waals surface area contributed by atoms with Gasteiger partial charge in [0.2, 0.25) is 0 Å². The van der Waals surface area contributed by atoms with Crippen LogP contribution in [0.1, 0.15) is 15.9 Å². The van der Waals surface area contributed by atoms with Crippen LogP contribution < -0.4 is 15.8 Å². The van der Waals surface area contributed by atoms with Crippen molar-refractivity contribution >= 4 is 28.9 Å². The fourth-order valence-corrected chi connectivity index (χ4v) is 2.07. The third-order valence-corrected chi connectivity index (χ3v) is 3.22. The van der Waals surface area contributed by atoms with Crippen molar-refractivity contribution < 1.29 is 9.53 Å². The number of nitrogen functional groups attached to an aromatic ring is 1. The number of amides is 1. The molecule has 0 aliphatic carbocycles. The molecule has 2 aromatic carbocycles. The van der Waals surface area contributed by atoms with Crippen molar-refractivity contribution in [3.05, 3.63) is 52.5 Å². The van der Waals surface area contributed by atoms with Crippen molar-refractivity contribution in [1.29, 1.82) is 0 Å². The van der Waals surface area contributed by atoms with Gasteiger partial charge in [0.15, 0.2) is 0 Å². The van der Waals surface area contributed by atoms with Crippen LogP contribution in [0.15, 0.2) is 36.4 Å². The van der Waals surface area contributed by atoms with Crippen LogP contribution in [0.25, 0.3) is 0 Å². The molecule has 5 heteroatoms. The van der Waals surface area contributed by atoms with Crippen molar-refractivity contribution in [3.63, 3.8) is 0 Å². The zero-order valence-corrected chi connectivity index (χ0v) is 12.0. The van der Waals surface area contributed by atoms with Gasteiger partial charge in [-0.25, -0.2) is 0 Å². The molecule has 0 fully saturated rings. The Bertz CT molecular complexity index is 656. The number of methoxy groups -OCH3 is 1. The molecular formula is C15H15ClN2O2. The highest BCUT2D eigenvalue weighted by molar-refractivity contribution is 6.32. The molecule has 0 bridgehead atoms. The van der Waals surface area contributed by atoms with Crippen LogP contribution in [-0.2, 0) is 0 Å². The highest BCUT2D eigenvalue weighted by Gasteiger charge is 2.10. The topological polar surface area (TPSA) is 64.3 Å². The number of carbonyl (C=O) groups excluding carboxylic acids is 1. The zero-order valence-electron chi connectivity index (χ0n) is 11.2. The molecule has 0 unspecified atom stereocenters. The van der Waals surface area contributed by atoms with E-state index in [1.165, 1.54) is 7.11 Å². The van der Waals surface area contributed by atoms with Gasteiger partial charge in [-0.05, 0) is 42.8 Å². The first-order valence-corrected chi connectivity index (χ1v) is 6.40. The molecule has 0 aliphatic rings. The lowest BCUT2D eigenvalue weighted by molar-refractivity contribution is 0.102. The summed E-state index contributed by atoms with van der Waals surface area (Å²) in [4.78, 5) is 12.2. The Morgan fingerprint density at radius 3 is 2.65 bits per heavy atom. The summed E-state index contributed by atoms with van der Waals surface area (Å²) >= 11 is 5.94. The van der Waals surface area contributed by atoms with Gasteiger partial charge in [-0.15, -0.1) is 0 Å². The average molecular weight is 291 g/mol. The van der Waals surface area contributed by atoms with Gasteiger partial charge in [0, 0.05) is 23.0 Å². The Morgan fingerprint density at radius 2 is 2.00 bits per heavy atom. The SMILES string of the molecule is COc1cc(NC(=O)c2ccc(N)cc2C)ccc1Cl. The molecule has 3 N–H and O–H groups in total. The third kappa shape index (κ3) is 3.03. The number of anilines is 2. The molecule has 0 aliphatic heterocycles. The maximum Gasteiger partial charge on any atom is 0.255 e. The molecule has 20 heavy (non-hydrogen) atoms. The zero-order chi connectivity index (χ0) is 14.7. The fourth-order valence-electron chi connectivity index (χ4n) is 1.88. The van der Waals surface area contributed by atoms with E-state index in [1.54, 1.807) is 36.4 Å². The Morgan fingerprint density at radius 1 is 1.25 bits per heavy atom. The number of nitrogens with one attached hydrogen (secondary N) is 1. The van der Waals surface area contributed by atoms with Crippen molar-refractivity contribution in [1.82, 2.24) is 0 Å². The number of nitrogens with two attached hydrogens (primary N) is 1. The highest BCUT2D eigenvalue weighted by atomic mass is 35.5. The summed E-state index contributed by atoms with van der Waals surface area (Å²) in [6.07, 6.45) is 0. The van der Waals surface area contributed by atoms with Gasteiger partial charge in [0.25, 0.3) is 5.91 Å². The number of hydrogen-bond donors (Lipinski definition) is 2. The first-order chi connectivity index (χ1) is 9.51. The summed E-state index contributed by atoms with van der Waals surface area (Å²) < 4.78 is 5.11. The van der Waals surface area contributed by atoms with E-state index in [4.69, 9.17) is 22.1 Å². The van der Waals surface area contributed by atoms with Crippen LogP contribution >= 0.6 is 11.6 Å². The highest BCUT2D eigenvalue weighted by Crippen LogP contribution is 2.27. The lowest BCUT2D eigenvalue weighted by Crippen LogP contribution is -2.13. The van der Waals surface area contributed by atoms with E-state index >= 15 is 0 Å². The maximum atomic E-state index is 12.2. The molecule has 0 saturated carbocycles. The second kappa shape index (κ2) is 5.84. The first kappa shape index (κ1) is 14.2. The molecule has 0 saturated heterocycles. The first-order valence-electron chi connectivity index (χ1n) is 6.02. The lowest BCUT2D eigenvalue weighted by atomic mass is 10.1. The largest absolute Gasteiger partial charge is 0.495 e. The number of ether oxygens (including phenoxy) is 1. The van der Waals surface area contributed by atoms with E-state index in [1.807, 2.05) is 6.92 Å². The van der Waals surface area contributed by atoms with Gasteiger partial charge in [-0.3, -0.25) is 4.79 Å². The molecule has 0 atom stereocenters. The molecule has 0 aromatic heterocycles. The quantitative estimate of drug-likeness (QED) is 0.851. The second-order valence-electron chi connectivity index (χ2n) is 4.38. The van der Waals surface area contributed by atoms with Crippen LogP contribution in [0.5, 0.6) is 5.75 Å². The van der Waals surface area contributed by atoms with Crippen LogP contribution in [0.4, 0.5) is 11.4 Å². The standard InChI is InChI=1S/C15H15ClN2O2/c1-9-7-10(17)3-5-12(9)15(19)18-11-4-6-13(16)14(8-11)20-2/h3-8H,17H2,1-2H3,(H,18,19). The van der Waals surface area contributed by atoms with Gasteiger partial charge < -0.3 is 15.8 Å². The van der Waals surface area contributed by atoms with Gasteiger partial charge in [0.1, 0.15) is 5.75 Å².